The lowest BCUT2D eigenvalue weighted by Gasteiger charge is -2.38. The van der Waals surface area contributed by atoms with E-state index in [0.717, 1.165) is 19.4 Å². The second kappa shape index (κ2) is 4.87. The molecule has 1 aliphatic rings. The molecule has 1 saturated heterocycles. The predicted octanol–water partition coefficient (Wildman–Crippen LogP) is 2.39. The highest BCUT2D eigenvalue weighted by molar-refractivity contribution is 5.33. The summed E-state index contributed by atoms with van der Waals surface area (Å²) in [5.41, 5.74) is 1.90. The largest absolute Gasteiger partial charge is 0.378 e. The van der Waals surface area contributed by atoms with Gasteiger partial charge in [-0.2, -0.15) is 5.26 Å². The zero-order chi connectivity index (χ0) is 12.3. The van der Waals surface area contributed by atoms with Crippen LogP contribution in [-0.4, -0.2) is 19.3 Å². The Morgan fingerprint density at radius 2 is 2.12 bits per heavy atom. The molecule has 1 N–H and O–H groups in total. The fourth-order valence-electron chi connectivity index (χ4n) is 2.33. The SMILES string of the molecule is CO[C@]1(C)CCN[C@H](c2ccc(C#N)cc2)C1. The van der Waals surface area contributed by atoms with Crippen LogP contribution >= 0.6 is 0 Å². The molecule has 1 aromatic carbocycles. The summed E-state index contributed by atoms with van der Waals surface area (Å²) < 4.78 is 5.58. The third-order valence-corrected chi connectivity index (χ3v) is 3.62. The van der Waals surface area contributed by atoms with Gasteiger partial charge in [0.25, 0.3) is 0 Å². The fraction of sp³-hybridized carbons (Fsp3) is 0.500. The molecule has 1 aliphatic heterocycles. The van der Waals surface area contributed by atoms with Crippen molar-refractivity contribution in [3.05, 3.63) is 35.4 Å². The first-order valence-corrected chi connectivity index (χ1v) is 5.95. The molecule has 0 aromatic heterocycles. The van der Waals surface area contributed by atoms with Crippen LogP contribution in [0.3, 0.4) is 0 Å². The molecule has 0 bridgehead atoms. The molecule has 3 heteroatoms. The second-order valence-corrected chi connectivity index (χ2v) is 4.85. The molecule has 0 spiro atoms. The Labute approximate surface area is 102 Å². The minimum absolute atomic E-state index is 0.0379. The summed E-state index contributed by atoms with van der Waals surface area (Å²) in [5, 5.41) is 12.3. The zero-order valence-corrected chi connectivity index (χ0v) is 10.4. The van der Waals surface area contributed by atoms with Gasteiger partial charge >= 0.3 is 0 Å². The van der Waals surface area contributed by atoms with Crippen LogP contribution in [0.4, 0.5) is 0 Å². The van der Waals surface area contributed by atoms with Gasteiger partial charge < -0.3 is 10.1 Å². The monoisotopic (exact) mass is 230 g/mol. The number of hydrogen-bond acceptors (Lipinski definition) is 3. The third kappa shape index (κ3) is 2.66. The first kappa shape index (κ1) is 12.1. The predicted molar refractivity (Wildman–Crippen MR) is 66.5 cm³/mol. The lowest BCUT2D eigenvalue weighted by Crippen LogP contribution is -2.42. The van der Waals surface area contributed by atoms with Gasteiger partial charge in [-0.1, -0.05) is 12.1 Å². The molecule has 0 radical (unpaired) electrons. The number of nitriles is 1. The topological polar surface area (TPSA) is 45.0 Å². The van der Waals surface area contributed by atoms with Gasteiger partial charge in [0.05, 0.1) is 17.2 Å². The van der Waals surface area contributed by atoms with Crippen molar-refractivity contribution in [1.29, 1.82) is 5.26 Å². The van der Waals surface area contributed by atoms with Crippen LogP contribution in [0.15, 0.2) is 24.3 Å². The fourth-order valence-corrected chi connectivity index (χ4v) is 2.33. The maximum Gasteiger partial charge on any atom is 0.0991 e. The number of nitrogens with one attached hydrogen (secondary N) is 1. The number of piperidine rings is 1. The van der Waals surface area contributed by atoms with Crippen LogP contribution < -0.4 is 5.32 Å². The first-order valence-electron chi connectivity index (χ1n) is 5.95. The van der Waals surface area contributed by atoms with E-state index >= 15 is 0 Å². The highest BCUT2D eigenvalue weighted by Gasteiger charge is 2.32. The Kier molecular flexibility index (Phi) is 3.46. The summed E-state index contributed by atoms with van der Waals surface area (Å²) in [6.45, 7) is 3.12. The standard InChI is InChI=1S/C14H18N2O/c1-14(17-2)7-8-16-13(9-14)12-5-3-11(10-15)4-6-12/h3-6,13,16H,7-9H2,1-2H3/t13-,14+/m0/s1. The molecule has 3 nitrogen and oxygen atoms in total. The van der Waals surface area contributed by atoms with Crippen molar-refractivity contribution in [2.24, 2.45) is 0 Å². The van der Waals surface area contributed by atoms with Crippen molar-refractivity contribution in [3.63, 3.8) is 0 Å². The molecule has 90 valence electrons. The lowest BCUT2D eigenvalue weighted by molar-refractivity contribution is -0.0300. The van der Waals surface area contributed by atoms with E-state index in [1.54, 1.807) is 7.11 Å². The van der Waals surface area contributed by atoms with E-state index in [1.165, 1.54) is 5.56 Å². The average Bonchev–Trinajstić information content (AvgIpc) is 2.39. The van der Waals surface area contributed by atoms with Gasteiger partial charge in [0, 0.05) is 13.2 Å². The van der Waals surface area contributed by atoms with Crippen molar-refractivity contribution < 1.29 is 4.74 Å². The summed E-state index contributed by atoms with van der Waals surface area (Å²) in [4.78, 5) is 0. The Bertz CT molecular complexity index is 421. The van der Waals surface area contributed by atoms with E-state index in [1.807, 2.05) is 24.3 Å². The van der Waals surface area contributed by atoms with Crippen LogP contribution in [0.5, 0.6) is 0 Å². The Morgan fingerprint density at radius 3 is 2.71 bits per heavy atom. The van der Waals surface area contributed by atoms with Gasteiger partial charge in [-0.25, -0.2) is 0 Å². The summed E-state index contributed by atoms with van der Waals surface area (Å²) in [6.07, 6.45) is 2.01. The van der Waals surface area contributed by atoms with Gasteiger partial charge in [-0.15, -0.1) is 0 Å². The summed E-state index contributed by atoms with van der Waals surface area (Å²) in [7, 11) is 1.78. The minimum atomic E-state index is -0.0379. The van der Waals surface area contributed by atoms with Crippen LogP contribution in [0, 0.1) is 11.3 Å². The molecule has 0 aliphatic carbocycles. The number of hydrogen-bond donors (Lipinski definition) is 1. The third-order valence-electron chi connectivity index (χ3n) is 3.62. The number of methoxy groups -OCH3 is 1. The Balaban J connectivity index is 2.14. The van der Waals surface area contributed by atoms with Crippen molar-refractivity contribution in [3.8, 4) is 6.07 Å². The second-order valence-electron chi connectivity index (χ2n) is 4.85. The van der Waals surface area contributed by atoms with Gasteiger partial charge in [0.1, 0.15) is 0 Å². The molecule has 17 heavy (non-hydrogen) atoms. The molecular formula is C14H18N2O. The van der Waals surface area contributed by atoms with Gasteiger partial charge in [-0.05, 0) is 44.0 Å². The quantitative estimate of drug-likeness (QED) is 0.848. The number of benzene rings is 1. The van der Waals surface area contributed by atoms with E-state index in [2.05, 4.69) is 18.3 Å². The smallest absolute Gasteiger partial charge is 0.0991 e. The molecule has 2 rings (SSSR count). The molecule has 0 saturated carbocycles. The lowest BCUT2D eigenvalue weighted by atomic mass is 9.86. The van der Waals surface area contributed by atoms with Gasteiger partial charge in [0.2, 0.25) is 0 Å². The minimum Gasteiger partial charge on any atom is -0.378 e. The normalized spacial score (nSPS) is 28.6. The molecule has 1 aromatic rings. The first-order chi connectivity index (χ1) is 8.17. The van der Waals surface area contributed by atoms with Crippen molar-refractivity contribution in [2.45, 2.75) is 31.4 Å². The van der Waals surface area contributed by atoms with E-state index < -0.39 is 0 Å². The maximum atomic E-state index is 8.77. The number of rotatable bonds is 2. The van der Waals surface area contributed by atoms with E-state index in [0.29, 0.717) is 11.6 Å². The molecule has 0 unspecified atom stereocenters. The molecule has 0 amide bonds. The highest BCUT2D eigenvalue weighted by Crippen LogP contribution is 2.32. The van der Waals surface area contributed by atoms with Crippen LogP contribution in [0.1, 0.15) is 36.9 Å². The molecule has 1 heterocycles. The summed E-state index contributed by atoms with van der Waals surface area (Å²) in [5.74, 6) is 0. The molecular weight excluding hydrogens is 212 g/mol. The summed E-state index contributed by atoms with van der Waals surface area (Å²) in [6, 6.07) is 10.3. The van der Waals surface area contributed by atoms with E-state index in [4.69, 9.17) is 10.00 Å². The van der Waals surface area contributed by atoms with E-state index in [-0.39, 0.29) is 5.60 Å². The van der Waals surface area contributed by atoms with Crippen molar-refractivity contribution in [1.82, 2.24) is 5.32 Å². The number of ether oxygens (including phenoxy) is 1. The van der Waals surface area contributed by atoms with Crippen LogP contribution in [0.25, 0.3) is 0 Å². The Morgan fingerprint density at radius 1 is 1.41 bits per heavy atom. The zero-order valence-electron chi connectivity index (χ0n) is 10.4. The van der Waals surface area contributed by atoms with Gasteiger partial charge in [0.15, 0.2) is 0 Å². The van der Waals surface area contributed by atoms with Gasteiger partial charge in [-0.3, -0.25) is 0 Å². The highest BCUT2D eigenvalue weighted by atomic mass is 16.5. The average molecular weight is 230 g/mol. The Hall–Kier alpha value is -1.37. The molecule has 2 atom stereocenters. The van der Waals surface area contributed by atoms with E-state index in [9.17, 15) is 0 Å². The molecule has 1 fully saturated rings. The van der Waals surface area contributed by atoms with Crippen molar-refractivity contribution >= 4 is 0 Å². The van der Waals surface area contributed by atoms with Crippen molar-refractivity contribution in [2.75, 3.05) is 13.7 Å². The maximum absolute atomic E-state index is 8.77. The van der Waals surface area contributed by atoms with Crippen LogP contribution in [-0.2, 0) is 4.74 Å². The van der Waals surface area contributed by atoms with Crippen LogP contribution in [0.2, 0.25) is 0 Å². The number of nitrogens with zero attached hydrogens (tertiary/aromatic N) is 1. The summed E-state index contributed by atoms with van der Waals surface area (Å²) >= 11 is 0.